The molecule has 0 atom stereocenters. The maximum absolute atomic E-state index is 13.9. The molecule has 35 heavy (non-hydrogen) atoms. The van der Waals surface area contributed by atoms with Crippen LogP contribution in [0.15, 0.2) is 71.6 Å². The number of methoxy groups -OCH3 is 2. The summed E-state index contributed by atoms with van der Waals surface area (Å²) in [5.41, 5.74) is 3.64. The molecule has 4 rings (SSSR count). The Morgan fingerprint density at radius 3 is 2.23 bits per heavy atom. The molecule has 3 aromatic rings. The molecule has 6 nitrogen and oxygen atoms in total. The molecule has 0 aromatic heterocycles. The molecular weight excluding hydrogens is 460 g/mol. The summed E-state index contributed by atoms with van der Waals surface area (Å²) in [5, 5.41) is 0. The first-order valence-corrected chi connectivity index (χ1v) is 13.4. The van der Waals surface area contributed by atoms with E-state index >= 15 is 0 Å². The smallest absolute Gasteiger partial charge is 0.264 e. The van der Waals surface area contributed by atoms with Crippen LogP contribution < -0.4 is 13.8 Å². The zero-order valence-corrected chi connectivity index (χ0v) is 21.7. The second kappa shape index (κ2) is 10.7. The van der Waals surface area contributed by atoms with E-state index in [-0.39, 0.29) is 6.04 Å². The van der Waals surface area contributed by atoms with Gasteiger partial charge in [0.15, 0.2) is 0 Å². The third-order valence-corrected chi connectivity index (χ3v) is 8.73. The Morgan fingerprint density at radius 1 is 0.914 bits per heavy atom. The van der Waals surface area contributed by atoms with Gasteiger partial charge in [-0.25, -0.2) is 8.42 Å². The van der Waals surface area contributed by atoms with Gasteiger partial charge in [-0.1, -0.05) is 35.9 Å². The van der Waals surface area contributed by atoms with Gasteiger partial charge in [-0.05, 0) is 68.7 Å². The number of anilines is 1. The summed E-state index contributed by atoms with van der Waals surface area (Å²) in [6.07, 6.45) is 1.48. The summed E-state index contributed by atoms with van der Waals surface area (Å²) in [7, 11) is -0.383. The molecule has 0 amide bonds. The van der Waals surface area contributed by atoms with Crippen LogP contribution in [0.3, 0.4) is 0 Å². The first-order valence-electron chi connectivity index (χ1n) is 11.9. The van der Waals surface area contributed by atoms with Gasteiger partial charge in [0, 0.05) is 31.2 Å². The number of nitrogens with zero attached hydrogens (tertiary/aromatic N) is 2. The van der Waals surface area contributed by atoms with Crippen molar-refractivity contribution in [2.75, 3.05) is 31.6 Å². The average molecular weight is 495 g/mol. The maximum Gasteiger partial charge on any atom is 0.264 e. The number of hydrogen-bond donors (Lipinski definition) is 0. The van der Waals surface area contributed by atoms with E-state index in [2.05, 4.69) is 4.90 Å². The van der Waals surface area contributed by atoms with Crippen molar-refractivity contribution in [1.82, 2.24) is 4.90 Å². The Kier molecular flexibility index (Phi) is 7.67. The Morgan fingerprint density at radius 2 is 1.60 bits per heavy atom. The quantitative estimate of drug-likeness (QED) is 0.432. The number of piperidine rings is 1. The van der Waals surface area contributed by atoms with Crippen molar-refractivity contribution in [3.05, 3.63) is 83.4 Å². The summed E-state index contributed by atoms with van der Waals surface area (Å²) in [5.74, 6) is 1.63. The molecule has 0 spiro atoms. The lowest BCUT2D eigenvalue weighted by Gasteiger charge is -2.39. The highest BCUT2D eigenvalue weighted by Gasteiger charge is 2.35. The van der Waals surface area contributed by atoms with Crippen LogP contribution in [0.2, 0.25) is 0 Å². The number of ether oxygens (including phenoxy) is 2. The topological polar surface area (TPSA) is 59.1 Å². The lowest BCUT2D eigenvalue weighted by Crippen LogP contribution is -2.47. The largest absolute Gasteiger partial charge is 0.497 e. The number of hydrogen-bond acceptors (Lipinski definition) is 5. The summed E-state index contributed by atoms with van der Waals surface area (Å²) in [6, 6.07) is 20.7. The van der Waals surface area contributed by atoms with Crippen molar-refractivity contribution < 1.29 is 17.9 Å². The fourth-order valence-electron chi connectivity index (χ4n) is 4.75. The fourth-order valence-corrected chi connectivity index (χ4v) is 6.69. The number of aryl methyl sites for hydroxylation is 2. The number of likely N-dealkylation sites (tertiary alicyclic amines) is 1. The average Bonchev–Trinajstić information content (AvgIpc) is 2.86. The molecule has 3 aromatic carbocycles. The first kappa shape index (κ1) is 25.1. The molecule has 0 aliphatic carbocycles. The van der Waals surface area contributed by atoms with Crippen molar-refractivity contribution >= 4 is 15.7 Å². The second-order valence-corrected chi connectivity index (χ2v) is 10.9. The Balaban J connectivity index is 1.58. The standard InChI is InChI=1S/C28H34N2O4S/c1-21-9-11-24(12-10-21)30(35(31,32)28-8-6-5-7-22(28)2)25-15-17-29(18-16-25)20-23-19-26(33-3)13-14-27(23)34-4/h5-14,19,25H,15-18,20H2,1-4H3. The van der Waals surface area contributed by atoms with Crippen molar-refractivity contribution in [3.63, 3.8) is 0 Å². The van der Waals surface area contributed by atoms with Crippen LogP contribution in [0.5, 0.6) is 11.5 Å². The highest BCUT2D eigenvalue weighted by Crippen LogP contribution is 2.33. The van der Waals surface area contributed by atoms with Crippen molar-refractivity contribution in [2.24, 2.45) is 0 Å². The van der Waals surface area contributed by atoms with Crippen LogP contribution in [-0.4, -0.2) is 46.7 Å². The zero-order chi connectivity index (χ0) is 25.0. The van der Waals surface area contributed by atoms with Crippen LogP contribution in [0, 0.1) is 13.8 Å². The molecule has 0 saturated carbocycles. The van der Waals surface area contributed by atoms with Gasteiger partial charge < -0.3 is 9.47 Å². The number of rotatable bonds is 8. The van der Waals surface area contributed by atoms with Gasteiger partial charge in [-0.3, -0.25) is 9.21 Å². The molecule has 0 unspecified atom stereocenters. The van der Waals surface area contributed by atoms with E-state index in [1.54, 1.807) is 30.7 Å². The van der Waals surface area contributed by atoms with Crippen LogP contribution in [-0.2, 0) is 16.6 Å². The van der Waals surface area contributed by atoms with Gasteiger partial charge >= 0.3 is 0 Å². The maximum atomic E-state index is 13.9. The molecular formula is C28H34N2O4S. The van der Waals surface area contributed by atoms with Gasteiger partial charge in [-0.15, -0.1) is 0 Å². The Labute approximate surface area is 209 Å². The van der Waals surface area contributed by atoms with Crippen LogP contribution in [0.1, 0.15) is 29.5 Å². The highest BCUT2D eigenvalue weighted by atomic mass is 32.2. The van der Waals surface area contributed by atoms with E-state index in [1.807, 2.05) is 68.4 Å². The summed E-state index contributed by atoms with van der Waals surface area (Å²) < 4.78 is 40.5. The molecule has 1 aliphatic rings. The molecule has 1 heterocycles. The Hall–Kier alpha value is -3.03. The summed E-state index contributed by atoms with van der Waals surface area (Å²) in [6.45, 7) is 6.16. The van der Waals surface area contributed by atoms with Crippen LogP contribution >= 0.6 is 0 Å². The monoisotopic (exact) mass is 494 g/mol. The van der Waals surface area contributed by atoms with Gasteiger partial charge in [0.2, 0.25) is 0 Å². The van der Waals surface area contributed by atoms with Crippen molar-refractivity contribution in [3.8, 4) is 11.5 Å². The first-order chi connectivity index (χ1) is 16.8. The van der Waals surface area contributed by atoms with Gasteiger partial charge in [0.05, 0.1) is 24.8 Å². The third kappa shape index (κ3) is 5.46. The number of sulfonamides is 1. The Bertz CT molecular complexity index is 1250. The van der Waals surface area contributed by atoms with E-state index in [0.29, 0.717) is 10.6 Å². The van der Waals surface area contributed by atoms with Gasteiger partial charge in [0.1, 0.15) is 11.5 Å². The van der Waals surface area contributed by atoms with Crippen LogP contribution in [0.4, 0.5) is 5.69 Å². The van der Waals surface area contributed by atoms with E-state index < -0.39 is 10.0 Å². The minimum absolute atomic E-state index is 0.120. The minimum atomic E-state index is -3.72. The lowest BCUT2D eigenvalue weighted by atomic mass is 10.0. The predicted molar refractivity (Wildman–Crippen MR) is 140 cm³/mol. The molecule has 186 valence electrons. The van der Waals surface area contributed by atoms with Gasteiger partial charge in [0.25, 0.3) is 10.0 Å². The fraction of sp³-hybridized carbons (Fsp3) is 0.357. The lowest BCUT2D eigenvalue weighted by molar-refractivity contribution is 0.204. The third-order valence-electron chi connectivity index (χ3n) is 6.69. The minimum Gasteiger partial charge on any atom is -0.497 e. The van der Waals surface area contributed by atoms with Crippen LogP contribution in [0.25, 0.3) is 0 Å². The van der Waals surface area contributed by atoms with E-state index in [9.17, 15) is 8.42 Å². The molecule has 0 radical (unpaired) electrons. The molecule has 7 heteroatoms. The van der Waals surface area contributed by atoms with Gasteiger partial charge in [-0.2, -0.15) is 0 Å². The second-order valence-electron chi connectivity index (χ2n) is 9.09. The summed E-state index contributed by atoms with van der Waals surface area (Å²) in [4.78, 5) is 2.71. The van der Waals surface area contributed by atoms with E-state index in [1.165, 1.54) is 0 Å². The number of benzene rings is 3. The summed E-state index contributed by atoms with van der Waals surface area (Å²) >= 11 is 0. The van der Waals surface area contributed by atoms with Crippen molar-refractivity contribution in [2.45, 2.75) is 44.2 Å². The SMILES string of the molecule is COc1ccc(OC)c(CN2CCC(N(c3ccc(C)cc3)S(=O)(=O)c3ccccc3C)CC2)c1. The molecule has 1 aliphatic heterocycles. The molecule has 0 N–H and O–H groups in total. The normalized spacial score (nSPS) is 15.1. The molecule has 0 bridgehead atoms. The highest BCUT2D eigenvalue weighted by molar-refractivity contribution is 7.93. The van der Waals surface area contributed by atoms with E-state index in [0.717, 1.165) is 60.7 Å². The molecule has 1 fully saturated rings. The zero-order valence-electron chi connectivity index (χ0n) is 20.9. The van der Waals surface area contributed by atoms with Crippen molar-refractivity contribution in [1.29, 1.82) is 0 Å². The molecule has 1 saturated heterocycles. The predicted octanol–water partition coefficient (Wildman–Crippen LogP) is 5.18. The van der Waals surface area contributed by atoms with E-state index in [4.69, 9.17) is 9.47 Å².